The molecule has 0 saturated heterocycles. The average molecular weight is 230 g/mol. The van der Waals surface area contributed by atoms with Crippen LogP contribution in [0, 0.1) is 5.92 Å². The molecule has 17 heavy (non-hydrogen) atoms. The molecule has 2 heteroatoms. The van der Waals surface area contributed by atoms with Crippen molar-refractivity contribution >= 4 is 0 Å². The summed E-state index contributed by atoms with van der Waals surface area (Å²) in [5.74, 6) is 2.54. The molecule has 0 saturated carbocycles. The second-order valence-corrected chi connectivity index (χ2v) is 5.20. The molecule has 0 amide bonds. The highest BCUT2D eigenvalue weighted by atomic mass is 16.5. The summed E-state index contributed by atoms with van der Waals surface area (Å²) in [5.41, 5.74) is 1.26. The van der Waals surface area contributed by atoms with Gasteiger partial charge in [-0.1, -0.05) is 12.2 Å². The summed E-state index contributed by atoms with van der Waals surface area (Å²) in [5, 5.41) is 0. The van der Waals surface area contributed by atoms with Crippen LogP contribution in [0.4, 0.5) is 0 Å². The zero-order chi connectivity index (χ0) is 11.9. The van der Waals surface area contributed by atoms with Crippen LogP contribution in [-0.4, -0.2) is 12.7 Å². The summed E-state index contributed by atoms with van der Waals surface area (Å²) in [6.07, 6.45) is 7.75. The van der Waals surface area contributed by atoms with E-state index in [4.69, 9.17) is 9.47 Å². The van der Waals surface area contributed by atoms with Gasteiger partial charge in [-0.15, -0.1) is 0 Å². The highest BCUT2D eigenvalue weighted by molar-refractivity contribution is 5.43. The van der Waals surface area contributed by atoms with Crippen molar-refractivity contribution < 1.29 is 9.47 Å². The zero-order valence-electron chi connectivity index (χ0n) is 10.4. The number of ether oxygens (including phenoxy) is 2. The highest BCUT2D eigenvalue weighted by Crippen LogP contribution is 2.43. The van der Waals surface area contributed by atoms with Crippen LogP contribution in [0.1, 0.15) is 25.3 Å². The minimum Gasteiger partial charge on any atom is -0.497 e. The summed E-state index contributed by atoms with van der Waals surface area (Å²) in [6.45, 7) is 2.23. The molecule has 2 nitrogen and oxygen atoms in total. The van der Waals surface area contributed by atoms with Crippen molar-refractivity contribution in [1.29, 1.82) is 0 Å². The van der Waals surface area contributed by atoms with Crippen LogP contribution >= 0.6 is 0 Å². The lowest BCUT2D eigenvalue weighted by atomic mass is 9.74. The van der Waals surface area contributed by atoms with Gasteiger partial charge in [0.25, 0.3) is 0 Å². The van der Waals surface area contributed by atoms with E-state index < -0.39 is 0 Å². The molecule has 3 rings (SSSR count). The van der Waals surface area contributed by atoms with Crippen molar-refractivity contribution in [3.63, 3.8) is 0 Å². The molecule has 0 unspecified atom stereocenters. The van der Waals surface area contributed by atoms with Gasteiger partial charge in [0.2, 0.25) is 0 Å². The van der Waals surface area contributed by atoms with Crippen molar-refractivity contribution in [3.8, 4) is 11.5 Å². The molecule has 1 heterocycles. The molecule has 0 bridgehead atoms. The Labute approximate surface area is 102 Å². The van der Waals surface area contributed by atoms with Crippen molar-refractivity contribution in [2.45, 2.75) is 31.8 Å². The summed E-state index contributed by atoms with van der Waals surface area (Å²) >= 11 is 0. The van der Waals surface area contributed by atoms with Gasteiger partial charge in [-0.2, -0.15) is 0 Å². The first-order chi connectivity index (χ1) is 8.21. The largest absolute Gasteiger partial charge is 0.497 e. The van der Waals surface area contributed by atoms with Crippen molar-refractivity contribution in [2.24, 2.45) is 5.92 Å². The number of fused-ring (bicyclic) bond motifs is 2. The van der Waals surface area contributed by atoms with E-state index in [1.54, 1.807) is 7.11 Å². The fraction of sp³-hybridized carbons (Fsp3) is 0.467. The molecular weight excluding hydrogens is 212 g/mol. The third kappa shape index (κ3) is 1.72. The lowest BCUT2D eigenvalue weighted by Crippen LogP contribution is -2.45. The smallest absolute Gasteiger partial charge is 0.123 e. The molecular formula is C15H18O2. The summed E-state index contributed by atoms with van der Waals surface area (Å²) in [7, 11) is 1.71. The van der Waals surface area contributed by atoms with Crippen LogP contribution in [0.2, 0.25) is 0 Å². The maximum atomic E-state index is 6.22. The van der Waals surface area contributed by atoms with Gasteiger partial charge in [-0.3, -0.25) is 0 Å². The van der Waals surface area contributed by atoms with Crippen molar-refractivity contribution in [1.82, 2.24) is 0 Å². The van der Waals surface area contributed by atoms with Crippen molar-refractivity contribution in [3.05, 3.63) is 35.9 Å². The minimum atomic E-state index is -0.0175. The first kappa shape index (κ1) is 10.7. The molecule has 0 spiro atoms. The van der Waals surface area contributed by atoms with Gasteiger partial charge in [0.15, 0.2) is 0 Å². The quantitative estimate of drug-likeness (QED) is 0.689. The van der Waals surface area contributed by atoms with Gasteiger partial charge in [-0.05, 0) is 43.5 Å². The number of methoxy groups -OCH3 is 1. The zero-order valence-corrected chi connectivity index (χ0v) is 10.4. The van der Waals surface area contributed by atoms with Gasteiger partial charge in [-0.25, -0.2) is 0 Å². The normalized spacial score (nSPS) is 30.1. The fourth-order valence-corrected chi connectivity index (χ4v) is 2.88. The van der Waals surface area contributed by atoms with Gasteiger partial charge < -0.3 is 9.47 Å². The lowest BCUT2D eigenvalue weighted by molar-refractivity contribution is 0.00829. The Balaban J connectivity index is 1.97. The van der Waals surface area contributed by atoms with Crippen LogP contribution in [-0.2, 0) is 6.42 Å². The molecule has 1 aromatic rings. The van der Waals surface area contributed by atoms with E-state index in [1.165, 1.54) is 5.56 Å². The number of benzene rings is 1. The summed E-state index contributed by atoms with van der Waals surface area (Å²) in [6, 6.07) is 6.11. The van der Waals surface area contributed by atoms with E-state index in [2.05, 4.69) is 25.1 Å². The molecule has 1 aliphatic heterocycles. The van der Waals surface area contributed by atoms with Crippen LogP contribution in [0.15, 0.2) is 30.4 Å². The Morgan fingerprint density at radius 2 is 2.24 bits per heavy atom. The predicted octanol–water partition coefficient (Wildman–Crippen LogP) is 3.36. The third-order valence-corrected chi connectivity index (χ3v) is 4.05. The van der Waals surface area contributed by atoms with E-state index in [0.29, 0.717) is 5.92 Å². The number of hydrogen-bond acceptors (Lipinski definition) is 2. The average Bonchev–Trinajstić information content (AvgIpc) is 2.35. The Bertz CT molecular complexity index is 464. The maximum absolute atomic E-state index is 6.22. The first-order valence-corrected chi connectivity index (χ1v) is 6.22. The van der Waals surface area contributed by atoms with Crippen molar-refractivity contribution in [2.75, 3.05) is 7.11 Å². The molecule has 0 N–H and O–H groups in total. The summed E-state index contributed by atoms with van der Waals surface area (Å²) < 4.78 is 11.5. The molecule has 2 atom stereocenters. The molecule has 0 aromatic heterocycles. The first-order valence-electron chi connectivity index (χ1n) is 6.22. The number of hydrogen-bond donors (Lipinski definition) is 0. The lowest BCUT2D eigenvalue weighted by Gasteiger charge is -2.43. The summed E-state index contributed by atoms with van der Waals surface area (Å²) in [4.78, 5) is 0. The van der Waals surface area contributed by atoms with Crippen LogP contribution < -0.4 is 9.47 Å². The second-order valence-electron chi connectivity index (χ2n) is 5.20. The Hall–Kier alpha value is -1.44. The standard InChI is InChI=1S/C15H18O2/c1-15-8-4-3-5-12(15)9-11-10-13(16-2)6-7-14(11)17-15/h3-4,6-7,10,12H,5,8-9H2,1-2H3/t12-,15+/m0/s1. The number of rotatable bonds is 1. The molecule has 1 aliphatic carbocycles. The predicted molar refractivity (Wildman–Crippen MR) is 67.6 cm³/mol. The van der Waals surface area contributed by atoms with E-state index in [0.717, 1.165) is 30.8 Å². The molecule has 90 valence electrons. The minimum absolute atomic E-state index is 0.0175. The Morgan fingerprint density at radius 1 is 1.35 bits per heavy atom. The third-order valence-electron chi connectivity index (χ3n) is 4.05. The van der Waals surface area contributed by atoms with Gasteiger partial charge in [0.1, 0.15) is 17.1 Å². The van der Waals surface area contributed by atoms with Gasteiger partial charge in [0.05, 0.1) is 7.11 Å². The van der Waals surface area contributed by atoms with Crippen LogP contribution in [0.3, 0.4) is 0 Å². The van der Waals surface area contributed by atoms with Gasteiger partial charge in [0, 0.05) is 12.3 Å². The van der Waals surface area contributed by atoms with E-state index in [9.17, 15) is 0 Å². The maximum Gasteiger partial charge on any atom is 0.123 e. The molecule has 2 aliphatic rings. The van der Waals surface area contributed by atoms with Crippen LogP contribution in [0.25, 0.3) is 0 Å². The van der Waals surface area contributed by atoms with E-state index in [-0.39, 0.29) is 5.60 Å². The van der Waals surface area contributed by atoms with Gasteiger partial charge >= 0.3 is 0 Å². The second kappa shape index (κ2) is 3.80. The Kier molecular flexibility index (Phi) is 2.39. The van der Waals surface area contributed by atoms with E-state index >= 15 is 0 Å². The molecule has 0 fully saturated rings. The monoisotopic (exact) mass is 230 g/mol. The molecule has 0 radical (unpaired) electrons. The topological polar surface area (TPSA) is 18.5 Å². The number of allylic oxidation sites excluding steroid dienone is 1. The van der Waals surface area contributed by atoms with Crippen LogP contribution in [0.5, 0.6) is 11.5 Å². The molecule has 1 aromatic carbocycles. The highest BCUT2D eigenvalue weighted by Gasteiger charge is 2.40. The Morgan fingerprint density at radius 3 is 3.06 bits per heavy atom. The SMILES string of the molecule is COc1ccc2c(c1)C[C@@H]1CC=CC[C@@]1(C)O2. The fourth-order valence-electron chi connectivity index (χ4n) is 2.88. The van der Waals surface area contributed by atoms with E-state index in [1.807, 2.05) is 12.1 Å².